The number of nitrogen functional groups attached to an aromatic ring is 1. The Labute approximate surface area is 112 Å². The summed E-state index contributed by atoms with van der Waals surface area (Å²) in [5.41, 5.74) is 2.96. The Morgan fingerprint density at radius 3 is 3.21 bits per heavy atom. The maximum Gasteiger partial charge on any atom is 0.257 e. The van der Waals surface area contributed by atoms with Gasteiger partial charge in [0.2, 0.25) is 0 Å². The lowest BCUT2D eigenvalue weighted by Crippen LogP contribution is -2.36. The number of nitrogens with one attached hydrogen (secondary N) is 1. The number of amides is 1. The summed E-state index contributed by atoms with van der Waals surface area (Å²) < 4.78 is 0. The second-order valence-electron chi connectivity index (χ2n) is 4.70. The second kappa shape index (κ2) is 6.49. The van der Waals surface area contributed by atoms with Gasteiger partial charge in [-0.1, -0.05) is 0 Å². The molecule has 1 aliphatic rings. The molecule has 1 atom stereocenters. The number of carbonyl (C=O) groups excluding carboxylic acids is 1. The molecule has 0 radical (unpaired) electrons. The van der Waals surface area contributed by atoms with Crippen LogP contribution in [0.3, 0.4) is 0 Å². The first-order valence-electron chi connectivity index (χ1n) is 6.61. The molecule has 1 amide bonds. The normalized spacial score (nSPS) is 18.6. The molecule has 6 nitrogen and oxygen atoms in total. The van der Waals surface area contributed by atoms with Gasteiger partial charge in [-0.25, -0.2) is 10.8 Å². The number of rotatable bonds is 5. The highest BCUT2D eigenvalue weighted by molar-refractivity contribution is 5.98. The Hall–Kier alpha value is -1.66. The van der Waals surface area contributed by atoms with Gasteiger partial charge in [-0.2, -0.15) is 0 Å². The molecule has 2 rings (SSSR count). The zero-order valence-electron chi connectivity index (χ0n) is 10.9. The predicted octanol–water partition coefficient (Wildman–Crippen LogP) is 0.744. The molecule has 6 heteroatoms. The van der Waals surface area contributed by atoms with Crippen LogP contribution in [0, 0.1) is 0 Å². The van der Waals surface area contributed by atoms with Crippen LogP contribution in [0.4, 0.5) is 5.82 Å². The lowest BCUT2D eigenvalue weighted by atomic mass is 10.1. The summed E-state index contributed by atoms with van der Waals surface area (Å²) >= 11 is 0. The zero-order chi connectivity index (χ0) is 13.7. The van der Waals surface area contributed by atoms with Gasteiger partial charge in [0, 0.05) is 25.4 Å². The highest BCUT2D eigenvalue weighted by atomic mass is 16.3. The first kappa shape index (κ1) is 13.8. The number of anilines is 1. The molecule has 0 spiro atoms. The van der Waals surface area contributed by atoms with E-state index in [0.29, 0.717) is 11.4 Å². The van der Waals surface area contributed by atoms with E-state index in [1.165, 1.54) is 0 Å². The van der Waals surface area contributed by atoms with E-state index in [9.17, 15) is 4.79 Å². The topological polar surface area (TPSA) is 91.5 Å². The Balaban J connectivity index is 2.13. The number of aliphatic hydroxyl groups excluding tert-OH is 1. The predicted molar refractivity (Wildman–Crippen MR) is 72.4 cm³/mol. The fraction of sp³-hybridized carbons (Fsp3) is 0.538. The second-order valence-corrected chi connectivity index (χ2v) is 4.70. The van der Waals surface area contributed by atoms with Gasteiger partial charge in [-0.3, -0.25) is 4.79 Å². The van der Waals surface area contributed by atoms with Gasteiger partial charge < -0.3 is 15.4 Å². The van der Waals surface area contributed by atoms with Crippen LogP contribution in [0.2, 0.25) is 0 Å². The zero-order valence-corrected chi connectivity index (χ0v) is 10.9. The lowest BCUT2D eigenvalue weighted by molar-refractivity contribution is 0.0725. The molecule has 0 bridgehead atoms. The monoisotopic (exact) mass is 264 g/mol. The number of hydrogen-bond donors (Lipinski definition) is 3. The van der Waals surface area contributed by atoms with E-state index in [1.807, 2.05) is 4.90 Å². The summed E-state index contributed by atoms with van der Waals surface area (Å²) in [4.78, 5) is 18.4. The maximum absolute atomic E-state index is 12.5. The van der Waals surface area contributed by atoms with Gasteiger partial charge in [0.25, 0.3) is 5.91 Å². The lowest BCUT2D eigenvalue weighted by Gasteiger charge is -2.25. The molecule has 104 valence electrons. The number of likely N-dealkylation sites (tertiary alicyclic amines) is 1. The first-order chi connectivity index (χ1) is 9.27. The molecule has 0 aromatic carbocycles. The first-order valence-corrected chi connectivity index (χ1v) is 6.61. The molecule has 4 N–H and O–H groups in total. The van der Waals surface area contributed by atoms with Crippen molar-refractivity contribution in [2.24, 2.45) is 5.84 Å². The van der Waals surface area contributed by atoms with Crippen molar-refractivity contribution < 1.29 is 9.90 Å². The third-order valence-electron chi connectivity index (χ3n) is 3.51. The van der Waals surface area contributed by atoms with E-state index in [1.54, 1.807) is 18.3 Å². The number of aliphatic hydroxyl groups is 1. The fourth-order valence-electron chi connectivity index (χ4n) is 2.58. The highest BCUT2D eigenvalue weighted by Crippen LogP contribution is 2.25. The largest absolute Gasteiger partial charge is 0.396 e. The minimum Gasteiger partial charge on any atom is -0.396 e. The molecule has 1 aromatic heterocycles. The molecule has 2 heterocycles. The summed E-state index contributed by atoms with van der Waals surface area (Å²) in [7, 11) is 0. The molecule has 1 aliphatic heterocycles. The van der Waals surface area contributed by atoms with Crippen molar-refractivity contribution in [2.75, 3.05) is 18.6 Å². The smallest absolute Gasteiger partial charge is 0.257 e. The molecule has 0 aliphatic carbocycles. The van der Waals surface area contributed by atoms with Crippen LogP contribution in [-0.2, 0) is 0 Å². The van der Waals surface area contributed by atoms with Crippen LogP contribution in [0.5, 0.6) is 0 Å². The summed E-state index contributed by atoms with van der Waals surface area (Å²) in [6.07, 6.45) is 5.17. The molecular weight excluding hydrogens is 244 g/mol. The summed E-state index contributed by atoms with van der Waals surface area (Å²) in [5, 5.41) is 8.91. The van der Waals surface area contributed by atoms with Crippen LogP contribution in [0.25, 0.3) is 0 Å². The Bertz CT molecular complexity index is 438. The van der Waals surface area contributed by atoms with E-state index < -0.39 is 0 Å². The molecule has 1 aromatic rings. The van der Waals surface area contributed by atoms with Crippen LogP contribution in [0.15, 0.2) is 18.3 Å². The van der Waals surface area contributed by atoms with E-state index in [0.717, 1.165) is 32.2 Å². The highest BCUT2D eigenvalue weighted by Gasteiger charge is 2.30. The summed E-state index contributed by atoms with van der Waals surface area (Å²) in [6.45, 7) is 0.925. The number of carbonyl (C=O) groups is 1. The summed E-state index contributed by atoms with van der Waals surface area (Å²) in [6, 6.07) is 3.67. The molecular formula is C13H20N4O2. The van der Waals surface area contributed by atoms with E-state index >= 15 is 0 Å². The third-order valence-corrected chi connectivity index (χ3v) is 3.51. The third kappa shape index (κ3) is 3.02. The van der Waals surface area contributed by atoms with Crippen molar-refractivity contribution in [1.82, 2.24) is 9.88 Å². The number of aromatic nitrogens is 1. The van der Waals surface area contributed by atoms with Crippen molar-refractivity contribution in [3.05, 3.63) is 23.9 Å². The molecule has 19 heavy (non-hydrogen) atoms. The maximum atomic E-state index is 12.5. The van der Waals surface area contributed by atoms with Gasteiger partial charge in [0.1, 0.15) is 0 Å². The number of hydrogen-bond acceptors (Lipinski definition) is 5. The Morgan fingerprint density at radius 1 is 1.63 bits per heavy atom. The van der Waals surface area contributed by atoms with Crippen LogP contribution < -0.4 is 11.3 Å². The van der Waals surface area contributed by atoms with Crippen molar-refractivity contribution >= 4 is 11.7 Å². The van der Waals surface area contributed by atoms with Crippen LogP contribution in [-0.4, -0.2) is 40.1 Å². The van der Waals surface area contributed by atoms with Crippen molar-refractivity contribution in [1.29, 1.82) is 0 Å². The van der Waals surface area contributed by atoms with Crippen molar-refractivity contribution in [2.45, 2.75) is 31.7 Å². The van der Waals surface area contributed by atoms with E-state index in [2.05, 4.69) is 10.4 Å². The number of nitrogens with zero attached hydrogens (tertiary/aromatic N) is 2. The van der Waals surface area contributed by atoms with Gasteiger partial charge in [-0.05, 0) is 37.8 Å². The molecule has 1 fully saturated rings. The minimum atomic E-state index is -0.0403. The van der Waals surface area contributed by atoms with Gasteiger partial charge >= 0.3 is 0 Å². The SMILES string of the molecule is NNc1ncccc1C(=O)N1CCCC1CCCO. The van der Waals surface area contributed by atoms with Crippen LogP contribution >= 0.6 is 0 Å². The Kier molecular flexibility index (Phi) is 4.70. The van der Waals surface area contributed by atoms with E-state index in [4.69, 9.17) is 10.9 Å². The average molecular weight is 264 g/mol. The van der Waals surface area contributed by atoms with Gasteiger partial charge in [0.15, 0.2) is 5.82 Å². The Morgan fingerprint density at radius 2 is 2.47 bits per heavy atom. The number of nitrogens with two attached hydrogens (primary N) is 1. The summed E-state index contributed by atoms with van der Waals surface area (Å²) in [5.74, 6) is 5.75. The molecule has 1 saturated heterocycles. The number of hydrazine groups is 1. The van der Waals surface area contributed by atoms with Crippen molar-refractivity contribution in [3.63, 3.8) is 0 Å². The fourth-order valence-corrected chi connectivity index (χ4v) is 2.58. The van der Waals surface area contributed by atoms with Crippen molar-refractivity contribution in [3.8, 4) is 0 Å². The average Bonchev–Trinajstić information content (AvgIpc) is 2.92. The van der Waals surface area contributed by atoms with Crippen LogP contribution in [0.1, 0.15) is 36.0 Å². The number of pyridine rings is 1. The quantitative estimate of drug-likeness (QED) is 0.539. The molecule has 1 unspecified atom stereocenters. The standard InChI is InChI=1S/C13H20N4O2/c14-16-12-11(6-1-7-15-12)13(19)17-8-2-4-10(17)5-3-9-18/h1,6-7,10,18H,2-5,8-9,14H2,(H,15,16). The molecule has 0 saturated carbocycles. The van der Waals surface area contributed by atoms with E-state index in [-0.39, 0.29) is 18.6 Å². The van der Waals surface area contributed by atoms with Gasteiger partial charge in [0.05, 0.1) is 5.56 Å². The van der Waals surface area contributed by atoms with Gasteiger partial charge in [-0.15, -0.1) is 0 Å². The minimum absolute atomic E-state index is 0.0403.